The summed E-state index contributed by atoms with van der Waals surface area (Å²) in [7, 11) is 1.60. The van der Waals surface area contributed by atoms with Crippen LogP contribution in [0.2, 0.25) is 0 Å². The van der Waals surface area contributed by atoms with E-state index in [4.69, 9.17) is 9.47 Å². The Morgan fingerprint density at radius 3 is 2.62 bits per heavy atom. The van der Waals surface area contributed by atoms with Crippen molar-refractivity contribution in [2.24, 2.45) is 0 Å². The second kappa shape index (κ2) is 9.91. The van der Waals surface area contributed by atoms with E-state index in [1.807, 2.05) is 36.6 Å². The Hall–Kier alpha value is -4.43. The number of nitrogens with zero attached hydrogens (tertiary/aromatic N) is 2. The molecule has 1 unspecified atom stereocenters. The second-order valence-electron chi connectivity index (χ2n) is 8.54. The summed E-state index contributed by atoms with van der Waals surface area (Å²) >= 11 is 1.27. The third-order valence-corrected chi connectivity index (χ3v) is 7.08. The molecule has 8 heteroatoms. The molecule has 5 rings (SSSR count). The first kappa shape index (κ1) is 24.3. The van der Waals surface area contributed by atoms with Crippen LogP contribution in [0.25, 0.3) is 16.5 Å². The van der Waals surface area contributed by atoms with Gasteiger partial charge in [0.25, 0.3) is 5.78 Å². The van der Waals surface area contributed by atoms with Crippen molar-refractivity contribution in [2.75, 3.05) is 18.6 Å². The minimum atomic E-state index is -0.885. The summed E-state index contributed by atoms with van der Waals surface area (Å²) < 4.78 is 11.0. The average molecular weight is 513 g/mol. The molecule has 7 nitrogen and oxygen atoms in total. The lowest BCUT2D eigenvalue weighted by atomic mass is 9.94. The molecule has 1 atom stereocenters. The van der Waals surface area contributed by atoms with Gasteiger partial charge in [-0.3, -0.25) is 14.5 Å². The molecule has 0 bridgehead atoms. The minimum Gasteiger partial charge on any atom is -0.507 e. The monoisotopic (exact) mass is 512 g/mol. The van der Waals surface area contributed by atoms with Gasteiger partial charge in [-0.15, -0.1) is 11.3 Å². The molecule has 0 saturated carbocycles. The number of rotatable bonds is 7. The van der Waals surface area contributed by atoms with Gasteiger partial charge in [-0.1, -0.05) is 43.0 Å². The van der Waals surface area contributed by atoms with E-state index in [1.54, 1.807) is 49.6 Å². The zero-order valence-corrected chi connectivity index (χ0v) is 21.1. The molecule has 3 aromatic carbocycles. The highest BCUT2D eigenvalue weighted by atomic mass is 32.1. The molecule has 1 fully saturated rings. The van der Waals surface area contributed by atoms with E-state index in [-0.39, 0.29) is 11.3 Å². The molecule has 1 aliphatic rings. The lowest BCUT2D eigenvalue weighted by Gasteiger charge is -2.23. The van der Waals surface area contributed by atoms with E-state index < -0.39 is 17.7 Å². The summed E-state index contributed by atoms with van der Waals surface area (Å²) in [5, 5.41) is 15.4. The SMILES string of the molecule is C=CCOc1cccc(C2/C(=C(\O)c3ccc4cc(OC)ccc4c3)C(=O)C(=O)N2c2nc(C)cs2)c1. The Bertz CT molecular complexity index is 1570. The number of carbonyl (C=O) groups excluding carboxylic acids is 2. The third kappa shape index (κ3) is 4.47. The van der Waals surface area contributed by atoms with Crippen molar-refractivity contribution < 1.29 is 24.2 Å². The van der Waals surface area contributed by atoms with Gasteiger partial charge in [-0.05, 0) is 53.6 Å². The highest BCUT2D eigenvalue weighted by molar-refractivity contribution is 7.14. The number of hydrogen-bond acceptors (Lipinski definition) is 7. The van der Waals surface area contributed by atoms with Gasteiger partial charge in [0.05, 0.1) is 24.4 Å². The molecule has 1 N–H and O–H groups in total. The lowest BCUT2D eigenvalue weighted by molar-refractivity contribution is -0.132. The Balaban J connectivity index is 1.68. The van der Waals surface area contributed by atoms with Crippen molar-refractivity contribution in [3.05, 3.63) is 101 Å². The first-order chi connectivity index (χ1) is 17.9. The van der Waals surface area contributed by atoms with Crippen LogP contribution in [-0.4, -0.2) is 35.5 Å². The number of anilines is 1. The van der Waals surface area contributed by atoms with Crippen LogP contribution in [0.4, 0.5) is 5.13 Å². The van der Waals surface area contributed by atoms with Crippen LogP contribution in [0, 0.1) is 6.92 Å². The van der Waals surface area contributed by atoms with Gasteiger partial charge in [0.1, 0.15) is 23.9 Å². The Labute approximate surface area is 217 Å². The molecule has 4 aromatic rings. The third-order valence-electron chi connectivity index (χ3n) is 6.12. The lowest BCUT2D eigenvalue weighted by Crippen LogP contribution is -2.29. The molecule has 186 valence electrons. The molecular weight excluding hydrogens is 488 g/mol. The van der Waals surface area contributed by atoms with E-state index in [2.05, 4.69) is 11.6 Å². The smallest absolute Gasteiger partial charge is 0.301 e. The van der Waals surface area contributed by atoms with E-state index in [0.29, 0.717) is 34.4 Å². The maximum absolute atomic E-state index is 13.4. The highest BCUT2D eigenvalue weighted by Gasteiger charge is 2.48. The normalized spacial score (nSPS) is 16.8. The van der Waals surface area contributed by atoms with Crippen LogP contribution < -0.4 is 14.4 Å². The number of benzene rings is 3. The zero-order chi connectivity index (χ0) is 26.1. The number of ketones is 1. The second-order valence-corrected chi connectivity index (χ2v) is 9.38. The number of Topliss-reactive ketones (excluding diaryl/α,β-unsaturated/α-hetero) is 1. The standard InChI is InChI=1S/C29H24N2O5S/c1-4-12-36-23-7-5-6-20(15-23)25-24(27(33)28(34)31(25)29-30-17(2)16-37-29)26(32)21-9-8-19-14-22(35-3)11-10-18(19)13-21/h4-11,13-16,25,32H,1,12H2,2-3H3/b26-24+. The summed E-state index contributed by atoms with van der Waals surface area (Å²) in [6.07, 6.45) is 1.63. The van der Waals surface area contributed by atoms with Gasteiger partial charge < -0.3 is 14.6 Å². The van der Waals surface area contributed by atoms with E-state index in [1.165, 1.54) is 16.2 Å². The van der Waals surface area contributed by atoms with Crippen LogP contribution in [0.3, 0.4) is 0 Å². The van der Waals surface area contributed by atoms with Gasteiger partial charge >= 0.3 is 5.91 Å². The van der Waals surface area contributed by atoms with Crippen molar-refractivity contribution in [2.45, 2.75) is 13.0 Å². The number of carbonyl (C=O) groups is 2. The Morgan fingerprint density at radius 2 is 1.89 bits per heavy atom. The summed E-state index contributed by atoms with van der Waals surface area (Å²) in [6.45, 7) is 5.79. The first-order valence-electron chi connectivity index (χ1n) is 11.6. The number of methoxy groups -OCH3 is 1. The molecular formula is C29H24N2O5S. The first-order valence-corrected chi connectivity index (χ1v) is 12.4. The van der Waals surface area contributed by atoms with Crippen molar-refractivity contribution in [3.8, 4) is 11.5 Å². The van der Waals surface area contributed by atoms with E-state index >= 15 is 0 Å². The predicted molar refractivity (Wildman–Crippen MR) is 144 cm³/mol. The quantitative estimate of drug-likeness (QED) is 0.146. The highest BCUT2D eigenvalue weighted by Crippen LogP contribution is 2.44. The Kier molecular flexibility index (Phi) is 6.50. The van der Waals surface area contributed by atoms with Crippen LogP contribution in [0.15, 0.2) is 84.3 Å². The minimum absolute atomic E-state index is 0.00779. The fraction of sp³-hybridized carbons (Fsp3) is 0.138. The van der Waals surface area contributed by atoms with E-state index in [9.17, 15) is 14.7 Å². The number of thiazole rings is 1. The van der Waals surface area contributed by atoms with Crippen LogP contribution in [0.1, 0.15) is 22.9 Å². The van der Waals surface area contributed by atoms with Crippen molar-refractivity contribution in [3.63, 3.8) is 0 Å². The topological polar surface area (TPSA) is 89.0 Å². The maximum atomic E-state index is 13.4. The summed E-state index contributed by atoms with van der Waals surface area (Å²) in [5.74, 6) is -0.508. The number of aliphatic hydroxyl groups excluding tert-OH is 1. The van der Waals surface area contributed by atoms with Gasteiger partial charge in [0.15, 0.2) is 5.13 Å². The maximum Gasteiger partial charge on any atom is 0.301 e. The Morgan fingerprint density at radius 1 is 1.11 bits per heavy atom. The molecule has 1 aliphatic heterocycles. The van der Waals surface area contributed by atoms with Gasteiger partial charge in [-0.2, -0.15) is 0 Å². The molecule has 2 heterocycles. The molecule has 0 radical (unpaired) electrons. The molecule has 0 aliphatic carbocycles. The number of aromatic nitrogens is 1. The van der Waals surface area contributed by atoms with Crippen LogP contribution in [0.5, 0.6) is 11.5 Å². The number of hydrogen-bond donors (Lipinski definition) is 1. The van der Waals surface area contributed by atoms with Crippen molar-refractivity contribution in [1.29, 1.82) is 0 Å². The average Bonchev–Trinajstić information content (AvgIpc) is 3.46. The van der Waals surface area contributed by atoms with Crippen LogP contribution in [-0.2, 0) is 9.59 Å². The van der Waals surface area contributed by atoms with Crippen LogP contribution >= 0.6 is 11.3 Å². The van der Waals surface area contributed by atoms with Gasteiger partial charge in [0, 0.05) is 10.9 Å². The molecule has 1 amide bonds. The number of aryl methyl sites for hydroxylation is 1. The summed E-state index contributed by atoms with van der Waals surface area (Å²) in [6, 6.07) is 17.2. The van der Waals surface area contributed by atoms with Gasteiger partial charge in [0.2, 0.25) is 0 Å². The fourth-order valence-corrected chi connectivity index (χ4v) is 5.21. The fourth-order valence-electron chi connectivity index (χ4n) is 4.38. The molecule has 1 aromatic heterocycles. The zero-order valence-electron chi connectivity index (χ0n) is 20.3. The van der Waals surface area contributed by atoms with E-state index in [0.717, 1.165) is 16.5 Å². The number of ether oxygens (including phenoxy) is 2. The summed E-state index contributed by atoms with van der Waals surface area (Å²) in [5.41, 5.74) is 1.76. The van der Waals surface area contributed by atoms with Crippen molar-refractivity contribution in [1.82, 2.24) is 4.98 Å². The number of fused-ring (bicyclic) bond motifs is 1. The van der Waals surface area contributed by atoms with Gasteiger partial charge in [-0.25, -0.2) is 4.98 Å². The predicted octanol–water partition coefficient (Wildman–Crippen LogP) is 5.80. The number of amides is 1. The largest absolute Gasteiger partial charge is 0.507 e. The molecule has 1 saturated heterocycles. The molecule has 37 heavy (non-hydrogen) atoms. The molecule has 0 spiro atoms. The number of aliphatic hydroxyl groups is 1. The van der Waals surface area contributed by atoms with Crippen molar-refractivity contribution >= 4 is 44.7 Å². The summed E-state index contributed by atoms with van der Waals surface area (Å²) in [4.78, 5) is 32.5.